The number of hydrogen-bond donors (Lipinski definition) is 2. The SMILES string of the molecule is Cc1cnc(C(C)NCc2ccc(S(N)(=O)=O)o2)s1. The van der Waals surface area contributed by atoms with E-state index in [4.69, 9.17) is 9.56 Å². The lowest BCUT2D eigenvalue weighted by Crippen LogP contribution is -2.17. The number of nitrogens with one attached hydrogen (secondary N) is 1. The summed E-state index contributed by atoms with van der Waals surface area (Å²) in [6, 6.07) is 3.01. The summed E-state index contributed by atoms with van der Waals surface area (Å²) < 4.78 is 27.3. The van der Waals surface area contributed by atoms with Gasteiger partial charge in [-0.3, -0.25) is 0 Å². The Kier molecular flexibility index (Phi) is 4.04. The number of rotatable bonds is 5. The summed E-state index contributed by atoms with van der Waals surface area (Å²) in [6.45, 7) is 4.40. The predicted molar refractivity (Wildman–Crippen MR) is 72.2 cm³/mol. The molecule has 0 aromatic carbocycles. The predicted octanol–water partition coefficient (Wildman–Crippen LogP) is 1.54. The third kappa shape index (κ3) is 3.63. The van der Waals surface area contributed by atoms with E-state index >= 15 is 0 Å². The van der Waals surface area contributed by atoms with Crippen LogP contribution in [0.25, 0.3) is 0 Å². The highest BCUT2D eigenvalue weighted by Crippen LogP contribution is 2.20. The van der Waals surface area contributed by atoms with E-state index in [1.165, 1.54) is 6.07 Å². The van der Waals surface area contributed by atoms with Crippen LogP contribution in [0.1, 0.15) is 28.6 Å². The topological polar surface area (TPSA) is 98.2 Å². The summed E-state index contributed by atoms with van der Waals surface area (Å²) in [5, 5.41) is 8.94. The van der Waals surface area contributed by atoms with Gasteiger partial charge in [0.2, 0.25) is 5.09 Å². The van der Waals surface area contributed by atoms with Crippen molar-refractivity contribution in [2.24, 2.45) is 5.14 Å². The highest BCUT2D eigenvalue weighted by molar-refractivity contribution is 7.89. The summed E-state index contributed by atoms with van der Waals surface area (Å²) in [5.41, 5.74) is 0. The molecule has 19 heavy (non-hydrogen) atoms. The normalized spacial score (nSPS) is 13.6. The molecule has 0 aliphatic rings. The van der Waals surface area contributed by atoms with Gasteiger partial charge in [-0.05, 0) is 26.0 Å². The quantitative estimate of drug-likeness (QED) is 0.873. The minimum atomic E-state index is -3.77. The average Bonchev–Trinajstić information content (AvgIpc) is 2.93. The van der Waals surface area contributed by atoms with Crippen molar-refractivity contribution in [2.75, 3.05) is 0 Å². The van der Waals surface area contributed by atoms with Gasteiger partial charge in [-0.2, -0.15) is 0 Å². The van der Waals surface area contributed by atoms with Gasteiger partial charge in [0.25, 0.3) is 10.0 Å². The summed E-state index contributed by atoms with van der Waals surface area (Å²) in [6.07, 6.45) is 1.82. The van der Waals surface area contributed by atoms with Crippen molar-refractivity contribution in [3.63, 3.8) is 0 Å². The van der Waals surface area contributed by atoms with Crippen LogP contribution in [0.3, 0.4) is 0 Å². The van der Waals surface area contributed by atoms with E-state index < -0.39 is 10.0 Å². The number of aromatic nitrogens is 1. The first kappa shape index (κ1) is 14.2. The van der Waals surface area contributed by atoms with Gasteiger partial charge in [0.15, 0.2) is 0 Å². The summed E-state index contributed by atoms with van der Waals surface area (Å²) >= 11 is 1.62. The maximum Gasteiger partial charge on any atom is 0.271 e. The number of primary sulfonamides is 1. The first-order valence-electron chi connectivity index (χ1n) is 5.63. The van der Waals surface area contributed by atoms with Crippen LogP contribution >= 0.6 is 11.3 Å². The monoisotopic (exact) mass is 301 g/mol. The van der Waals surface area contributed by atoms with Crippen molar-refractivity contribution in [1.29, 1.82) is 0 Å². The van der Waals surface area contributed by atoms with E-state index in [0.29, 0.717) is 12.3 Å². The molecule has 104 valence electrons. The number of sulfonamides is 1. The van der Waals surface area contributed by atoms with Crippen molar-refractivity contribution in [1.82, 2.24) is 10.3 Å². The van der Waals surface area contributed by atoms with Crippen LogP contribution in [0.5, 0.6) is 0 Å². The lowest BCUT2D eigenvalue weighted by Gasteiger charge is -2.09. The fourth-order valence-electron chi connectivity index (χ4n) is 1.52. The van der Waals surface area contributed by atoms with Crippen LogP contribution in [0, 0.1) is 6.92 Å². The summed E-state index contributed by atoms with van der Waals surface area (Å²) in [5.74, 6) is 0.518. The third-order valence-corrected chi connectivity index (χ3v) is 4.39. The Morgan fingerprint density at radius 1 is 1.53 bits per heavy atom. The minimum absolute atomic E-state index is 0.0710. The second kappa shape index (κ2) is 5.41. The van der Waals surface area contributed by atoms with E-state index in [9.17, 15) is 8.42 Å². The first-order valence-corrected chi connectivity index (χ1v) is 8.00. The number of nitrogens with zero attached hydrogens (tertiary/aromatic N) is 1. The van der Waals surface area contributed by atoms with Gasteiger partial charge in [-0.1, -0.05) is 0 Å². The molecule has 0 aliphatic carbocycles. The Morgan fingerprint density at radius 3 is 2.79 bits per heavy atom. The van der Waals surface area contributed by atoms with Gasteiger partial charge in [-0.15, -0.1) is 11.3 Å². The molecule has 3 N–H and O–H groups in total. The second-order valence-corrected chi connectivity index (χ2v) is 6.94. The molecule has 2 aromatic heterocycles. The lowest BCUT2D eigenvalue weighted by molar-refractivity contribution is 0.393. The molecule has 8 heteroatoms. The second-order valence-electron chi connectivity index (χ2n) is 4.18. The Balaban J connectivity index is 1.97. The smallest absolute Gasteiger partial charge is 0.271 e. The molecule has 0 aliphatic heterocycles. The molecule has 0 fully saturated rings. The minimum Gasteiger partial charge on any atom is -0.447 e. The van der Waals surface area contributed by atoms with Crippen LogP contribution in [0.4, 0.5) is 0 Å². The zero-order valence-corrected chi connectivity index (χ0v) is 12.2. The van der Waals surface area contributed by atoms with E-state index in [1.807, 2.05) is 20.0 Å². The van der Waals surface area contributed by atoms with Gasteiger partial charge in [0.1, 0.15) is 10.8 Å². The highest BCUT2D eigenvalue weighted by atomic mass is 32.2. The molecule has 1 atom stereocenters. The van der Waals surface area contributed by atoms with E-state index in [0.717, 1.165) is 9.88 Å². The molecular weight excluding hydrogens is 286 g/mol. The fraction of sp³-hybridized carbons (Fsp3) is 0.364. The Labute approximate surface area is 115 Å². The fourth-order valence-corrected chi connectivity index (χ4v) is 2.80. The standard InChI is InChI=1S/C11H15N3O3S2/c1-7-5-14-11(18-7)8(2)13-6-9-3-4-10(17-9)19(12,15)16/h3-5,8,13H,6H2,1-2H3,(H2,12,15,16). The molecule has 2 aromatic rings. The third-order valence-electron chi connectivity index (χ3n) is 2.51. The molecule has 6 nitrogen and oxygen atoms in total. The van der Waals surface area contributed by atoms with E-state index in [-0.39, 0.29) is 11.1 Å². The van der Waals surface area contributed by atoms with Crippen LogP contribution in [0.15, 0.2) is 27.8 Å². The van der Waals surface area contributed by atoms with Crippen LogP contribution in [0.2, 0.25) is 0 Å². The van der Waals surface area contributed by atoms with Gasteiger partial charge in [0, 0.05) is 11.1 Å². The zero-order chi connectivity index (χ0) is 14.0. The molecule has 2 rings (SSSR count). The van der Waals surface area contributed by atoms with Crippen LogP contribution < -0.4 is 10.5 Å². The molecule has 0 bridgehead atoms. The van der Waals surface area contributed by atoms with Crippen molar-refractivity contribution in [2.45, 2.75) is 31.5 Å². The Hall–Kier alpha value is -1.22. The largest absolute Gasteiger partial charge is 0.447 e. The average molecular weight is 301 g/mol. The van der Waals surface area contributed by atoms with Gasteiger partial charge in [-0.25, -0.2) is 18.5 Å². The van der Waals surface area contributed by atoms with E-state index in [2.05, 4.69) is 10.3 Å². The van der Waals surface area contributed by atoms with Gasteiger partial charge in [0.05, 0.1) is 12.6 Å². The molecule has 0 saturated carbocycles. The lowest BCUT2D eigenvalue weighted by atomic mass is 10.3. The van der Waals surface area contributed by atoms with Crippen molar-refractivity contribution in [3.05, 3.63) is 34.0 Å². The number of furan rings is 1. The highest BCUT2D eigenvalue weighted by Gasteiger charge is 2.14. The van der Waals surface area contributed by atoms with Crippen LogP contribution in [-0.2, 0) is 16.6 Å². The molecular formula is C11H15N3O3S2. The van der Waals surface area contributed by atoms with Gasteiger partial charge >= 0.3 is 0 Å². The van der Waals surface area contributed by atoms with Gasteiger partial charge < -0.3 is 9.73 Å². The van der Waals surface area contributed by atoms with Crippen molar-refractivity contribution >= 4 is 21.4 Å². The maximum atomic E-state index is 11.1. The number of aryl methyl sites for hydroxylation is 1. The molecule has 0 spiro atoms. The van der Waals surface area contributed by atoms with E-state index in [1.54, 1.807) is 17.4 Å². The Morgan fingerprint density at radius 2 is 2.26 bits per heavy atom. The van der Waals surface area contributed by atoms with Crippen molar-refractivity contribution < 1.29 is 12.8 Å². The molecule has 0 saturated heterocycles. The number of hydrogen-bond acceptors (Lipinski definition) is 6. The molecule has 0 radical (unpaired) electrons. The summed E-state index contributed by atoms with van der Waals surface area (Å²) in [4.78, 5) is 5.43. The van der Waals surface area contributed by atoms with Crippen molar-refractivity contribution in [3.8, 4) is 0 Å². The van der Waals surface area contributed by atoms with Crippen LogP contribution in [-0.4, -0.2) is 13.4 Å². The first-order chi connectivity index (χ1) is 8.86. The Bertz CT molecular complexity index is 660. The zero-order valence-electron chi connectivity index (χ0n) is 10.6. The number of nitrogens with two attached hydrogens (primary N) is 1. The molecule has 2 heterocycles. The number of thiazole rings is 1. The molecule has 0 amide bonds. The maximum absolute atomic E-state index is 11.1. The molecule has 1 unspecified atom stereocenters. The summed E-state index contributed by atoms with van der Waals surface area (Å²) in [7, 11) is -3.77.